The number of hydroxylamine groups is 1. The standard InChI is InChI=1S/C11H17BrN2O3/c1-10(2,3)16-9(15)14-5-4-11(7-14)6-8(12)13-17-11/h6,13H,4-5,7H2,1-3H3. The van der Waals surface area contributed by atoms with E-state index < -0.39 is 11.2 Å². The quantitative estimate of drug-likeness (QED) is 0.697. The summed E-state index contributed by atoms with van der Waals surface area (Å²) in [6.07, 6.45) is 2.44. The number of hydrogen-bond donors (Lipinski definition) is 1. The Morgan fingerprint density at radius 1 is 1.65 bits per heavy atom. The van der Waals surface area contributed by atoms with Crippen molar-refractivity contribution in [1.29, 1.82) is 0 Å². The second-order valence-electron chi connectivity index (χ2n) is 5.41. The molecule has 2 aliphatic heterocycles. The van der Waals surface area contributed by atoms with Gasteiger partial charge in [-0.2, -0.15) is 0 Å². The first-order valence-electron chi connectivity index (χ1n) is 5.60. The van der Waals surface area contributed by atoms with Crippen molar-refractivity contribution in [2.24, 2.45) is 0 Å². The predicted molar refractivity (Wildman–Crippen MR) is 66.4 cm³/mol. The van der Waals surface area contributed by atoms with Crippen molar-refractivity contribution < 1.29 is 14.4 Å². The fourth-order valence-electron chi connectivity index (χ4n) is 1.93. The lowest BCUT2D eigenvalue weighted by Crippen LogP contribution is -2.39. The van der Waals surface area contributed by atoms with Gasteiger partial charge >= 0.3 is 6.09 Å². The third-order valence-electron chi connectivity index (χ3n) is 2.66. The average Bonchev–Trinajstić information content (AvgIpc) is 2.72. The molecule has 0 radical (unpaired) electrons. The molecule has 5 nitrogen and oxygen atoms in total. The largest absolute Gasteiger partial charge is 0.444 e. The third kappa shape index (κ3) is 2.93. The molecule has 6 heteroatoms. The van der Waals surface area contributed by atoms with Gasteiger partial charge in [-0.05, 0) is 42.8 Å². The number of nitrogens with zero attached hydrogens (tertiary/aromatic N) is 1. The Labute approximate surface area is 109 Å². The number of carbonyl (C=O) groups excluding carboxylic acids is 1. The zero-order valence-electron chi connectivity index (χ0n) is 10.2. The van der Waals surface area contributed by atoms with Crippen LogP contribution >= 0.6 is 15.9 Å². The molecule has 0 saturated carbocycles. The van der Waals surface area contributed by atoms with E-state index in [-0.39, 0.29) is 6.09 Å². The second-order valence-corrected chi connectivity index (χ2v) is 6.27. The van der Waals surface area contributed by atoms with Gasteiger partial charge in [-0.15, -0.1) is 0 Å². The minimum atomic E-state index is -0.460. The summed E-state index contributed by atoms with van der Waals surface area (Å²) < 4.78 is 6.14. The lowest BCUT2D eigenvalue weighted by molar-refractivity contribution is -0.0327. The number of carbonyl (C=O) groups is 1. The third-order valence-corrected chi connectivity index (χ3v) is 3.05. The molecule has 0 aromatic rings. The van der Waals surface area contributed by atoms with Crippen molar-refractivity contribution in [2.45, 2.75) is 38.4 Å². The number of likely N-dealkylation sites (tertiary alicyclic amines) is 1. The highest BCUT2D eigenvalue weighted by atomic mass is 79.9. The maximum Gasteiger partial charge on any atom is 0.410 e. The molecule has 96 valence electrons. The molecule has 1 amide bonds. The van der Waals surface area contributed by atoms with E-state index in [1.54, 1.807) is 4.90 Å². The zero-order valence-corrected chi connectivity index (χ0v) is 11.8. The van der Waals surface area contributed by atoms with E-state index in [1.165, 1.54) is 0 Å². The smallest absolute Gasteiger partial charge is 0.410 e. The number of nitrogens with one attached hydrogen (secondary N) is 1. The van der Waals surface area contributed by atoms with Gasteiger partial charge < -0.3 is 9.64 Å². The van der Waals surface area contributed by atoms with Crippen LogP contribution in [0.25, 0.3) is 0 Å². The molecule has 0 aromatic heterocycles. The van der Waals surface area contributed by atoms with Gasteiger partial charge in [0.2, 0.25) is 0 Å². The highest BCUT2D eigenvalue weighted by Gasteiger charge is 2.44. The molecule has 1 saturated heterocycles. The lowest BCUT2D eigenvalue weighted by Gasteiger charge is -2.25. The fraction of sp³-hybridized carbons (Fsp3) is 0.727. The van der Waals surface area contributed by atoms with E-state index in [2.05, 4.69) is 21.4 Å². The number of hydrogen-bond acceptors (Lipinski definition) is 4. The van der Waals surface area contributed by atoms with Crippen LogP contribution < -0.4 is 5.48 Å². The van der Waals surface area contributed by atoms with Crippen molar-refractivity contribution in [3.8, 4) is 0 Å². The SMILES string of the molecule is CC(C)(C)OC(=O)N1CCC2(C=C(Br)NO2)C1. The molecular weight excluding hydrogens is 288 g/mol. The Hall–Kier alpha value is -0.750. The van der Waals surface area contributed by atoms with Gasteiger partial charge in [-0.3, -0.25) is 10.3 Å². The predicted octanol–water partition coefficient (Wildman–Crippen LogP) is 2.14. The summed E-state index contributed by atoms with van der Waals surface area (Å²) in [4.78, 5) is 19.0. The van der Waals surface area contributed by atoms with Gasteiger partial charge in [0.15, 0.2) is 0 Å². The minimum Gasteiger partial charge on any atom is -0.444 e. The minimum absolute atomic E-state index is 0.283. The number of amides is 1. The maximum absolute atomic E-state index is 11.9. The molecule has 1 unspecified atom stereocenters. The monoisotopic (exact) mass is 304 g/mol. The summed E-state index contributed by atoms with van der Waals surface area (Å²) in [6.45, 7) is 6.75. The number of halogens is 1. The zero-order chi connectivity index (χ0) is 12.7. The van der Waals surface area contributed by atoms with Crippen molar-refractivity contribution >= 4 is 22.0 Å². The van der Waals surface area contributed by atoms with Gasteiger partial charge in [-0.25, -0.2) is 4.79 Å². The molecule has 2 rings (SSSR count). The van der Waals surface area contributed by atoms with Crippen molar-refractivity contribution in [1.82, 2.24) is 10.4 Å². The summed E-state index contributed by atoms with van der Waals surface area (Å²) in [7, 11) is 0. The molecule has 1 atom stereocenters. The molecule has 1 fully saturated rings. The van der Waals surface area contributed by atoms with Crippen molar-refractivity contribution in [2.75, 3.05) is 13.1 Å². The summed E-state index contributed by atoms with van der Waals surface area (Å²) in [5.41, 5.74) is 1.89. The van der Waals surface area contributed by atoms with Crippen LogP contribution in [0.3, 0.4) is 0 Å². The van der Waals surface area contributed by atoms with Crippen molar-refractivity contribution in [3.05, 3.63) is 10.7 Å². The Morgan fingerprint density at radius 3 is 2.88 bits per heavy atom. The van der Waals surface area contributed by atoms with Gasteiger partial charge in [0.25, 0.3) is 0 Å². The van der Waals surface area contributed by atoms with Gasteiger partial charge in [0.1, 0.15) is 15.8 Å². The number of ether oxygens (including phenoxy) is 1. The first-order valence-corrected chi connectivity index (χ1v) is 6.39. The van der Waals surface area contributed by atoms with Crippen LogP contribution in [-0.2, 0) is 9.57 Å². The van der Waals surface area contributed by atoms with E-state index in [1.807, 2.05) is 26.8 Å². The maximum atomic E-state index is 11.9. The highest BCUT2D eigenvalue weighted by molar-refractivity contribution is 9.11. The van der Waals surface area contributed by atoms with Gasteiger partial charge in [0.05, 0.1) is 6.54 Å². The van der Waals surface area contributed by atoms with Crippen LogP contribution in [-0.4, -0.2) is 35.3 Å². The second kappa shape index (κ2) is 4.17. The molecule has 1 N–H and O–H groups in total. The van der Waals surface area contributed by atoms with Crippen LogP contribution in [0.1, 0.15) is 27.2 Å². The van der Waals surface area contributed by atoms with E-state index in [0.29, 0.717) is 13.1 Å². The summed E-state index contributed by atoms with van der Waals surface area (Å²) in [5.74, 6) is 0. The molecule has 1 spiro atoms. The summed E-state index contributed by atoms with van der Waals surface area (Å²) in [6, 6.07) is 0. The first kappa shape index (κ1) is 12.7. The number of rotatable bonds is 0. The fourth-order valence-corrected chi connectivity index (χ4v) is 2.43. The van der Waals surface area contributed by atoms with E-state index in [4.69, 9.17) is 9.57 Å². The van der Waals surface area contributed by atoms with Gasteiger partial charge in [-0.1, -0.05) is 0 Å². The van der Waals surface area contributed by atoms with Gasteiger partial charge in [0, 0.05) is 13.0 Å². The highest BCUT2D eigenvalue weighted by Crippen LogP contribution is 2.32. The molecular formula is C11H17BrN2O3. The van der Waals surface area contributed by atoms with Crippen LogP contribution in [0.2, 0.25) is 0 Å². The van der Waals surface area contributed by atoms with E-state index in [9.17, 15) is 4.79 Å². The summed E-state index contributed by atoms with van der Waals surface area (Å²) >= 11 is 3.32. The Kier molecular flexibility index (Phi) is 3.12. The Bertz CT molecular complexity index is 364. The molecule has 0 aliphatic carbocycles. The normalized spacial score (nSPS) is 28.2. The topological polar surface area (TPSA) is 50.8 Å². The molecule has 17 heavy (non-hydrogen) atoms. The van der Waals surface area contributed by atoms with Crippen LogP contribution in [0.15, 0.2) is 10.7 Å². The van der Waals surface area contributed by atoms with Crippen LogP contribution in [0.4, 0.5) is 4.79 Å². The lowest BCUT2D eigenvalue weighted by atomic mass is 10.0. The molecule has 2 heterocycles. The van der Waals surface area contributed by atoms with Crippen LogP contribution in [0, 0.1) is 0 Å². The van der Waals surface area contributed by atoms with Crippen molar-refractivity contribution in [3.63, 3.8) is 0 Å². The Balaban J connectivity index is 1.97. The van der Waals surface area contributed by atoms with E-state index >= 15 is 0 Å². The Morgan fingerprint density at radius 2 is 2.35 bits per heavy atom. The molecule has 0 aromatic carbocycles. The molecule has 2 aliphatic rings. The molecule has 0 bridgehead atoms. The van der Waals surface area contributed by atoms with Crippen LogP contribution in [0.5, 0.6) is 0 Å². The van der Waals surface area contributed by atoms with E-state index in [0.717, 1.165) is 11.0 Å². The average molecular weight is 305 g/mol. The summed E-state index contributed by atoms with van der Waals surface area (Å²) in [5, 5.41) is 0. The first-order chi connectivity index (χ1) is 7.80.